The lowest BCUT2D eigenvalue weighted by Gasteiger charge is -2.19. The van der Waals surface area contributed by atoms with Crippen LogP contribution >= 0.6 is 0 Å². The molecule has 0 aliphatic carbocycles. The van der Waals surface area contributed by atoms with Gasteiger partial charge in [0.2, 0.25) is 34.8 Å². The quantitative estimate of drug-likeness (QED) is 0.0904. The standard InChI is InChI=1S/C22H29F5O4/c1-22(2,3)31-15(29)13-11-9-7-5-4-6-8-10-12-14(28)30-21-19(26)17(24)16(23)18(25)20(21)27/h4-13H2,1-3H3. The molecule has 176 valence electrons. The first-order chi connectivity index (χ1) is 14.4. The molecule has 9 heteroatoms. The third-order valence-corrected chi connectivity index (χ3v) is 4.32. The second kappa shape index (κ2) is 12.6. The molecule has 0 aliphatic heterocycles. The van der Waals surface area contributed by atoms with Crippen LogP contribution in [-0.4, -0.2) is 17.5 Å². The Morgan fingerprint density at radius 1 is 0.613 bits per heavy atom. The fraction of sp³-hybridized carbons (Fsp3) is 0.636. The molecule has 0 spiro atoms. The molecule has 0 amide bonds. The molecule has 0 heterocycles. The minimum Gasteiger partial charge on any atom is -0.460 e. The second-order valence-electron chi connectivity index (χ2n) is 8.29. The lowest BCUT2D eigenvalue weighted by atomic mass is 10.1. The summed E-state index contributed by atoms with van der Waals surface area (Å²) in [5.41, 5.74) is -0.475. The summed E-state index contributed by atoms with van der Waals surface area (Å²) in [5, 5.41) is 0. The summed E-state index contributed by atoms with van der Waals surface area (Å²) in [6.07, 6.45) is 6.55. The van der Waals surface area contributed by atoms with Crippen molar-refractivity contribution in [1.82, 2.24) is 0 Å². The Labute approximate surface area is 179 Å². The SMILES string of the molecule is CC(C)(C)OC(=O)CCCCCCCCCCC(=O)Oc1c(F)c(F)c(F)c(F)c1F. The lowest BCUT2D eigenvalue weighted by Crippen LogP contribution is -2.23. The number of hydrogen-bond donors (Lipinski definition) is 0. The van der Waals surface area contributed by atoms with Crippen molar-refractivity contribution in [3.05, 3.63) is 29.1 Å². The minimum absolute atomic E-state index is 0.199. The van der Waals surface area contributed by atoms with Gasteiger partial charge in [-0.05, 0) is 33.6 Å². The van der Waals surface area contributed by atoms with Gasteiger partial charge in [0, 0.05) is 12.8 Å². The lowest BCUT2D eigenvalue weighted by molar-refractivity contribution is -0.155. The third-order valence-electron chi connectivity index (χ3n) is 4.32. The molecule has 0 aromatic heterocycles. The highest BCUT2D eigenvalue weighted by molar-refractivity contribution is 5.72. The van der Waals surface area contributed by atoms with Crippen LogP contribution in [0.5, 0.6) is 5.75 Å². The molecule has 1 rings (SSSR count). The average Bonchev–Trinajstić information content (AvgIpc) is 2.68. The molecule has 0 saturated heterocycles. The van der Waals surface area contributed by atoms with Gasteiger partial charge in [-0.2, -0.15) is 8.78 Å². The molecule has 0 fully saturated rings. The number of esters is 2. The van der Waals surface area contributed by atoms with Crippen LogP contribution in [0.4, 0.5) is 22.0 Å². The average molecular weight is 452 g/mol. The molecular formula is C22H29F5O4. The van der Waals surface area contributed by atoms with E-state index in [1.54, 1.807) is 0 Å². The predicted molar refractivity (Wildman–Crippen MR) is 104 cm³/mol. The number of hydrogen-bond acceptors (Lipinski definition) is 4. The van der Waals surface area contributed by atoms with Crippen LogP contribution in [0.1, 0.15) is 85.0 Å². The second-order valence-corrected chi connectivity index (χ2v) is 8.29. The number of rotatable bonds is 12. The fourth-order valence-electron chi connectivity index (χ4n) is 2.83. The van der Waals surface area contributed by atoms with Gasteiger partial charge in [-0.3, -0.25) is 9.59 Å². The van der Waals surface area contributed by atoms with E-state index in [2.05, 4.69) is 4.74 Å². The van der Waals surface area contributed by atoms with Crippen molar-refractivity contribution in [3.63, 3.8) is 0 Å². The van der Waals surface area contributed by atoms with Crippen LogP contribution < -0.4 is 4.74 Å². The normalized spacial score (nSPS) is 11.5. The zero-order valence-corrected chi connectivity index (χ0v) is 18.1. The van der Waals surface area contributed by atoms with Crippen LogP contribution in [0.3, 0.4) is 0 Å². The molecule has 1 aromatic carbocycles. The molecule has 0 atom stereocenters. The van der Waals surface area contributed by atoms with E-state index in [0.29, 0.717) is 19.3 Å². The number of unbranched alkanes of at least 4 members (excludes halogenated alkanes) is 7. The Kier molecular flexibility index (Phi) is 10.9. The molecule has 0 aliphatic rings. The molecular weight excluding hydrogens is 423 g/mol. The van der Waals surface area contributed by atoms with Crippen molar-refractivity contribution in [2.24, 2.45) is 0 Å². The third kappa shape index (κ3) is 9.65. The number of carbonyl (C=O) groups is 2. The fourth-order valence-corrected chi connectivity index (χ4v) is 2.83. The molecule has 4 nitrogen and oxygen atoms in total. The molecule has 31 heavy (non-hydrogen) atoms. The van der Waals surface area contributed by atoms with E-state index in [4.69, 9.17) is 4.74 Å². The summed E-state index contributed by atoms with van der Waals surface area (Å²) in [5.74, 6) is -13.8. The summed E-state index contributed by atoms with van der Waals surface area (Å²) >= 11 is 0. The van der Waals surface area contributed by atoms with Gasteiger partial charge in [0.1, 0.15) is 5.60 Å². The zero-order chi connectivity index (χ0) is 23.6. The summed E-state index contributed by atoms with van der Waals surface area (Å²) in [4.78, 5) is 23.2. The van der Waals surface area contributed by atoms with E-state index in [1.165, 1.54) is 0 Å². The molecule has 1 aromatic rings. The van der Waals surface area contributed by atoms with Gasteiger partial charge in [0.15, 0.2) is 0 Å². The monoisotopic (exact) mass is 452 g/mol. The number of carbonyl (C=O) groups excluding carboxylic acids is 2. The van der Waals surface area contributed by atoms with Gasteiger partial charge >= 0.3 is 11.9 Å². The number of ether oxygens (including phenoxy) is 2. The first-order valence-corrected chi connectivity index (χ1v) is 10.4. The van der Waals surface area contributed by atoms with E-state index < -0.39 is 46.4 Å². The highest BCUT2D eigenvalue weighted by Crippen LogP contribution is 2.29. The summed E-state index contributed by atoms with van der Waals surface area (Å²) < 4.78 is 75.6. The van der Waals surface area contributed by atoms with E-state index in [-0.39, 0.29) is 12.4 Å². The molecule has 0 unspecified atom stereocenters. The van der Waals surface area contributed by atoms with Crippen molar-refractivity contribution in [1.29, 1.82) is 0 Å². The van der Waals surface area contributed by atoms with Crippen LogP contribution in [0.15, 0.2) is 0 Å². The van der Waals surface area contributed by atoms with Crippen LogP contribution in [0.2, 0.25) is 0 Å². The Bertz CT molecular complexity index is 730. The van der Waals surface area contributed by atoms with E-state index in [9.17, 15) is 31.5 Å². The molecule has 0 saturated carbocycles. The summed E-state index contributed by atoms with van der Waals surface area (Å²) in [7, 11) is 0. The van der Waals surface area contributed by atoms with Crippen molar-refractivity contribution >= 4 is 11.9 Å². The van der Waals surface area contributed by atoms with Gasteiger partial charge in [0.05, 0.1) is 0 Å². The van der Waals surface area contributed by atoms with Crippen LogP contribution in [-0.2, 0) is 14.3 Å². The molecule has 0 N–H and O–H groups in total. The maximum Gasteiger partial charge on any atom is 0.311 e. The van der Waals surface area contributed by atoms with E-state index in [1.807, 2.05) is 20.8 Å². The highest BCUT2D eigenvalue weighted by atomic mass is 19.2. The topological polar surface area (TPSA) is 52.6 Å². The summed E-state index contributed by atoms with van der Waals surface area (Å²) in [6, 6.07) is 0. The Morgan fingerprint density at radius 3 is 1.39 bits per heavy atom. The Balaban J connectivity index is 2.15. The number of benzene rings is 1. The van der Waals surface area contributed by atoms with E-state index >= 15 is 0 Å². The van der Waals surface area contributed by atoms with Gasteiger partial charge in [-0.15, -0.1) is 0 Å². The largest absolute Gasteiger partial charge is 0.460 e. The highest BCUT2D eigenvalue weighted by Gasteiger charge is 2.28. The van der Waals surface area contributed by atoms with Gasteiger partial charge in [0.25, 0.3) is 0 Å². The number of halogens is 5. The maximum atomic E-state index is 13.5. The predicted octanol–water partition coefficient (Wildman–Crippen LogP) is 6.53. The van der Waals surface area contributed by atoms with Crippen molar-refractivity contribution in [3.8, 4) is 5.75 Å². The van der Waals surface area contributed by atoms with Crippen molar-refractivity contribution in [2.75, 3.05) is 0 Å². The first-order valence-electron chi connectivity index (χ1n) is 10.4. The first kappa shape index (κ1) is 26.8. The Hall–Kier alpha value is -2.19. The zero-order valence-electron chi connectivity index (χ0n) is 18.1. The van der Waals surface area contributed by atoms with Crippen molar-refractivity contribution in [2.45, 2.75) is 90.6 Å². The summed E-state index contributed by atoms with van der Waals surface area (Å²) in [6.45, 7) is 5.47. The molecule has 0 bridgehead atoms. The van der Waals surface area contributed by atoms with Gasteiger partial charge in [-0.1, -0.05) is 38.5 Å². The van der Waals surface area contributed by atoms with Gasteiger partial charge < -0.3 is 9.47 Å². The van der Waals surface area contributed by atoms with Crippen LogP contribution in [0.25, 0.3) is 0 Å². The maximum absolute atomic E-state index is 13.5. The Morgan fingerprint density at radius 2 is 0.968 bits per heavy atom. The van der Waals surface area contributed by atoms with E-state index in [0.717, 1.165) is 38.5 Å². The molecule has 0 radical (unpaired) electrons. The smallest absolute Gasteiger partial charge is 0.311 e. The van der Waals surface area contributed by atoms with Crippen molar-refractivity contribution < 1.29 is 41.0 Å². The minimum atomic E-state index is -2.31. The van der Waals surface area contributed by atoms with Gasteiger partial charge in [-0.25, -0.2) is 13.2 Å². The van der Waals surface area contributed by atoms with Crippen LogP contribution in [0, 0.1) is 29.1 Å².